The third-order valence-electron chi connectivity index (χ3n) is 3.37. The number of carbonyl (C=O) groups is 4. The van der Waals surface area contributed by atoms with Gasteiger partial charge in [0.05, 0.1) is 13.2 Å². The van der Waals surface area contributed by atoms with Gasteiger partial charge in [-0.1, -0.05) is 0 Å². The van der Waals surface area contributed by atoms with Crippen LogP contribution in [0.15, 0.2) is 0 Å². The molecule has 0 aromatic heterocycles. The largest absolute Gasteiger partial charge is 0.480 e. The van der Waals surface area contributed by atoms with Crippen LogP contribution in [0.5, 0.6) is 0 Å². The van der Waals surface area contributed by atoms with Crippen LogP contribution in [0.25, 0.3) is 0 Å². The second kappa shape index (κ2) is 13.9. The Kier molecular flexibility index (Phi) is 12.6. The number of rotatable bonds is 13. The number of hydrogen-bond acceptors (Lipinski definition) is 7. The molecule has 0 spiro atoms. The molecule has 0 radical (unpaired) electrons. The van der Waals surface area contributed by atoms with Gasteiger partial charge in [-0.2, -0.15) is 0 Å². The molecule has 0 bridgehead atoms. The molecule has 0 saturated carbocycles. The second-order valence-corrected chi connectivity index (χ2v) is 5.44. The quantitative estimate of drug-likeness (QED) is 0.261. The molecular weight excluding hydrogens is 346 g/mol. The molecule has 0 unspecified atom stereocenters. The molecule has 0 aromatic carbocycles. The Balaban J connectivity index is 4.73. The minimum atomic E-state index is -1.18. The normalized spacial score (nSPS) is 12.6. The van der Waals surface area contributed by atoms with Crippen molar-refractivity contribution in [3.05, 3.63) is 0 Å². The maximum Gasteiger partial charge on any atom is 0.328 e. The number of carbonyl (C=O) groups excluding carboxylic acids is 3. The molecule has 150 valence electrons. The third kappa shape index (κ3) is 10.5. The molecule has 2 atom stereocenters. The van der Waals surface area contributed by atoms with Crippen LogP contribution < -0.4 is 16.4 Å². The van der Waals surface area contributed by atoms with Crippen molar-refractivity contribution in [1.82, 2.24) is 10.6 Å². The number of nitrogens with one attached hydrogen (secondary N) is 2. The summed E-state index contributed by atoms with van der Waals surface area (Å²) < 4.78 is 9.65. The fraction of sp³-hybridized carbons (Fsp3) is 0.750. The maximum atomic E-state index is 12.0. The molecule has 0 aliphatic heterocycles. The predicted octanol–water partition coefficient (Wildman–Crippen LogP) is 0.143. The van der Waals surface area contributed by atoms with E-state index in [4.69, 9.17) is 20.3 Å². The molecule has 2 amide bonds. The molecule has 0 saturated heterocycles. The van der Waals surface area contributed by atoms with Gasteiger partial charge < -0.3 is 30.9 Å². The van der Waals surface area contributed by atoms with Gasteiger partial charge in [0.15, 0.2) is 0 Å². The molecule has 0 rings (SSSR count). The van der Waals surface area contributed by atoms with Crippen LogP contribution >= 0.6 is 0 Å². The fourth-order valence-corrected chi connectivity index (χ4v) is 2.10. The van der Waals surface area contributed by atoms with E-state index in [1.165, 1.54) is 0 Å². The number of unbranched alkanes of at least 4 members (excludes halogenated alkanes) is 1. The minimum absolute atomic E-state index is 0.0179. The van der Waals surface area contributed by atoms with Gasteiger partial charge in [0, 0.05) is 6.42 Å². The lowest BCUT2D eigenvalue weighted by Gasteiger charge is -2.20. The second-order valence-electron chi connectivity index (χ2n) is 5.44. The summed E-state index contributed by atoms with van der Waals surface area (Å²) in [6.07, 6.45) is 1.29. The number of aliphatic carboxylic acids is 1. The number of carboxylic acid groups (broad SMARTS) is 1. The number of hydrogen-bond donors (Lipinski definition) is 4. The topological polar surface area (TPSA) is 157 Å². The van der Waals surface area contributed by atoms with Crippen LogP contribution in [0.2, 0.25) is 0 Å². The summed E-state index contributed by atoms with van der Waals surface area (Å²) in [4.78, 5) is 46.6. The van der Waals surface area contributed by atoms with Gasteiger partial charge in [-0.15, -0.1) is 0 Å². The Morgan fingerprint density at radius 3 is 2.12 bits per heavy atom. The van der Waals surface area contributed by atoms with Crippen molar-refractivity contribution < 1.29 is 33.8 Å². The summed E-state index contributed by atoms with van der Waals surface area (Å²) in [6.45, 7) is 4.01. The Hall–Kier alpha value is -2.36. The van der Waals surface area contributed by atoms with E-state index >= 15 is 0 Å². The van der Waals surface area contributed by atoms with E-state index in [1.807, 2.05) is 0 Å². The van der Waals surface area contributed by atoms with Gasteiger partial charge in [0.1, 0.15) is 12.1 Å². The van der Waals surface area contributed by atoms with Crippen molar-refractivity contribution in [3.8, 4) is 0 Å². The van der Waals surface area contributed by atoms with Crippen molar-refractivity contribution in [1.29, 1.82) is 0 Å². The lowest BCUT2D eigenvalue weighted by Crippen LogP contribution is -2.51. The number of urea groups is 1. The first-order valence-corrected chi connectivity index (χ1v) is 8.67. The van der Waals surface area contributed by atoms with E-state index in [1.54, 1.807) is 13.8 Å². The average Bonchev–Trinajstić information content (AvgIpc) is 2.58. The van der Waals surface area contributed by atoms with Crippen molar-refractivity contribution in [2.24, 2.45) is 5.73 Å². The lowest BCUT2D eigenvalue weighted by atomic mass is 10.1. The van der Waals surface area contributed by atoms with Gasteiger partial charge in [0.25, 0.3) is 0 Å². The molecule has 10 heteroatoms. The van der Waals surface area contributed by atoms with Crippen LogP contribution in [-0.2, 0) is 23.9 Å². The van der Waals surface area contributed by atoms with E-state index in [0.717, 1.165) is 0 Å². The van der Waals surface area contributed by atoms with E-state index in [-0.39, 0.29) is 32.5 Å². The molecule has 0 aromatic rings. The summed E-state index contributed by atoms with van der Waals surface area (Å²) in [6, 6.07) is -3.01. The molecule has 5 N–H and O–H groups in total. The fourth-order valence-electron chi connectivity index (χ4n) is 2.10. The summed E-state index contributed by atoms with van der Waals surface area (Å²) in [5.41, 5.74) is 5.36. The summed E-state index contributed by atoms with van der Waals surface area (Å²) in [5, 5.41) is 13.8. The monoisotopic (exact) mass is 375 g/mol. The highest BCUT2D eigenvalue weighted by molar-refractivity contribution is 5.86. The highest BCUT2D eigenvalue weighted by Gasteiger charge is 2.26. The van der Waals surface area contributed by atoms with E-state index < -0.39 is 36.0 Å². The van der Waals surface area contributed by atoms with E-state index in [2.05, 4.69) is 10.6 Å². The van der Waals surface area contributed by atoms with Gasteiger partial charge in [0.2, 0.25) is 0 Å². The number of nitrogens with two attached hydrogens (primary N) is 1. The number of esters is 2. The predicted molar refractivity (Wildman–Crippen MR) is 92.3 cm³/mol. The zero-order valence-corrected chi connectivity index (χ0v) is 15.3. The van der Waals surface area contributed by atoms with Crippen molar-refractivity contribution in [3.63, 3.8) is 0 Å². The van der Waals surface area contributed by atoms with Crippen LogP contribution in [0.1, 0.15) is 46.0 Å². The minimum Gasteiger partial charge on any atom is -0.480 e. The van der Waals surface area contributed by atoms with Crippen LogP contribution in [0.4, 0.5) is 4.79 Å². The van der Waals surface area contributed by atoms with E-state index in [9.17, 15) is 19.2 Å². The zero-order valence-electron chi connectivity index (χ0n) is 15.3. The van der Waals surface area contributed by atoms with Gasteiger partial charge in [-0.25, -0.2) is 14.4 Å². The average molecular weight is 375 g/mol. The SMILES string of the molecule is CCOC(=O)CC[C@H](NC(=O)N[C@@H](CCCCN)C(=O)O)C(=O)OCC. The number of ether oxygens (including phenoxy) is 2. The number of carboxylic acids is 1. The third-order valence-corrected chi connectivity index (χ3v) is 3.37. The molecule has 0 aliphatic rings. The van der Waals surface area contributed by atoms with Gasteiger partial charge in [-0.05, 0) is 46.1 Å². The summed E-state index contributed by atoms with van der Waals surface area (Å²) in [7, 11) is 0. The van der Waals surface area contributed by atoms with Crippen LogP contribution in [0, 0.1) is 0 Å². The van der Waals surface area contributed by atoms with E-state index in [0.29, 0.717) is 19.4 Å². The molecule has 0 fully saturated rings. The first-order chi connectivity index (χ1) is 12.3. The lowest BCUT2D eigenvalue weighted by molar-refractivity contribution is -0.146. The number of amides is 2. The van der Waals surface area contributed by atoms with Gasteiger partial charge >= 0.3 is 23.9 Å². The Labute approximate surface area is 152 Å². The standard InChI is InChI=1S/C16H29N3O7/c1-3-25-13(20)9-8-12(15(23)26-4-2)19-16(24)18-11(14(21)22)7-5-6-10-17/h11-12H,3-10,17H2,1-2H3,(H,21,22)(H2,18,19,24)/t11-,12-/m0/s1. The first-order valence-electron chi connectivity index (χ1n) is 8.67. The molecule has 0 aliphatic carbocycles. The molecule has 10 nitrogen and oxygen atoms in total. The zero-order chi connectivity index (χ0) is 19.9. The highest BCUT2D eigenvalue weighted by Crippen LogP contribution is 2.04. The van der Waals surface area contributed by atoms with Crippen molar-refractivity contribution in [2.75, 3.05) is 19.8 Å². The van der Waals surface area contributed by atoms with Gasteiger partial charge in [-0.3, -0.25) is 4.79 Å². The first kappa shape index (κ1) is 23.6. The van der Waals surface area contributed by atoms with Crippen molar-refractivity contribution in [2.45, 2.75) is 58.0 Å². The highest BCUT2D eigenvalue weighted by atomic mass is 16.5. The van der Waals surface area contributed by atoms with Crippen LogP contribution in [-0.4, -0.2) is 60.9 Å². The van der Waals surface area contributed by atoms with Crippen LogP contribution in [0.3, 0.4) is 0 Å². The Morgan fingerprint density at radius 1 is 0.962 bits per heavy atom. The smallest absolute Gasteiger partial charge is 0.328 e. The summed E-state index contributed by atoms with van der Waals surface area (Å²) >= 11 is 0. The Bertz CT molecular complexity index is 471. The van der Waals surface area contributed by atoms with Crippen molar-refractivity contribution >= 4 is 23.9 Å². The molecule has 26 heavy (non-hydrogen) atoms. The molecule has 0 heterocycles. The molecular formula is C16H29N3O7. The Morgan fingerprint density at radius 2 is 1.58 bits per heavy atom. The summed E-state index contributed by atoms with van der Waals surface area (Å²) in [5.74, 6) is -2.40. The maximum absolute atomic E-state index is 12.0.